The van der Waals surface area contributed by atoms with Gasteiger partial charge in [-0.15, -0.1) is 0 Å². The standard InChI is InChI=1S/C19H15NO6/c1-11-10-16(21)18(23)19(26-11)17(22)14-4-2-12(3-5-14)13-6-8-15(9-7-13)20(24)25/h2-10,17,22-23H,1H3. The molecule has 7 heteroatoms. The summed E-state index contributed by atoms with van der Waals surface area (Å²) < 4.78 is 5.29. The average Bonchev–Trinajstić information content (AvgIpc) is 2.64. The molecule has 0 aliphatic carbocycles. The molecule has 2 N–H and O–H groups in total. The van der Waals surface area contributed by atoms with Gasteiger partial charge in [0.25, 0.3) is 5.69 Å². The van der Waals surface area contributed by atoms with E-state index >= 15 is 0 Å². The Morgan fingerprint density at radius 1 is 1.04 bits per heavy atom. The Hall–Kier alpha value is -3.45. The summed E-state index contributed by atoms with van der Waals surface area (Å²) in [5.74, 6) is -0.551. The zero-order valence-corrected chi connectivity index (χ0v) is 13.7. The molecule has 1 unspecified atom stereocenters. The van der Waals surface area contributed by atoms with E-state index in [0.717, 1.165) is 17.2 Å². The van der Waals surface area contributed by atoms with Crippen LogP contribution in [0.15, 0.2) is 63.8 Å². The second-order valence-electron chi connectivity index (χ2n) is 5.76. The Morgan fingerprint density at radius 3 is 2.12 bits per heavy atom. The third-order valence-corrected chi connectivity index (χ3v) is 3.96. The maximum Gasteiger partial charge on any atom is 0.269 e. The van der Waals surface area contributed by atoms with Crippen LogP contribution in [0.4, 0.5) is 5.69 Å². The fraction of sp³-hybridized carbons (Fsp3) is 0.105. The van der Waals surface area contributed by atoms with E-state index in [1.807, 2.05) is 0 Å². The molecule has 3 aromatic rings. The number of aliphatic hydroxyl groups is 1. The first-order valence-electron chi connectivity index (χ1n) is 7.73. The van der Waals surface area contributed by atoms with Crippen molar-refractivity contribution in [3.63, 3.8) is 0 Å². The molecule has 0 spiro atoms. The van der Waals surface area contributed by atoms with Crippen molar-refractivity contribution in [3.8, 4) is 16.9 Å². The van der Waals surface area contributed by atoms with E-state index in [0.29, 0.717) is 5.56 Å². The van der Waals surface area contributed by atoms with Crippen LogP contribution in [0, 0.1) is 17.0 Å². The SMILES string of the molecule is Cc1cc(=O)c(O)c(C(O)c2ccc(-c3ccc([N+](=O)[O-])cc3)cc2)o1. The maximum absolute atomic E-state index is 11.6. The van der Waals surface area contributed by atoms with Gasteiger partial charge in [-0.05, 0) is 35.7 Å². The van der Waals surface area contributed by atoms with Gasteiger partial charge in [-0.2, -0.15) is 0 Å². The molecule has 132 valence electrons. The van der Waals surface area contributed by atoms with Crippen LogP contribution >= 0.6 is 0 Å². The molecular formula is C19H15NO6. The number of nitro groups is 1. The Balaban J connectivity index is 1.90. The van der Waals surface area contributed by atoms with Gasteiger partial charge in [-0.25, -0.2) is 0 Å². The summed E-state index contributed by atoms with van der Waals surface area (Å²) in [4.78, 5) is 21.9. The maximum atomic E-state index is 11.6. The number of nitrogens with zero attached hydrogens (tertiary/aromatic N) is 1. The first-order chi connectivity index (χ1) is 12.4. The van der Waals surface area contributed by atoms with Gasteiger partial charge in [0.2, 0.25) is 11.2 Å². The summed E-state index contributed by atoms with van der Waals surface area (Å²) in [6.45, 7) is 1.55. The van der Waals surface area contributed by atoms with E-state index in [1.165, 1.54) is 12.1 Å². The minimum absolute atomic E-state index is 0.00532. The summed E-state index contributed by atoms with van der Waals surface area (Å²) in [5.41, 5.74) is 1.39. The van der Waals surface area contributed by atoms with Crippen molar-refractivity contribution in [1.29, 1.82) is 0 Å². The zero-order valence-electron chi connectivity index (χ0n) is 13.7. The molecule has 0 fully saturated rings. The normalized spacial score (nSPS) is 11.9. The van der Waals surface area contributed by atoms with Gasteiger partial charge < -0.3 is 14.6 Å². The smallest absolute Gasteiger partial charge is 0.269 e. The molecule has 1 atom stereocenters. The predicted octanol–water partition coefficient (Wildman–Crippen LogP) is 3.31. The molecule has 0 amide bonds. The summed E-state index contributed by atoms with van der Waals surface area (Å²) in [5, 5.41) is 31.0. The summed E-state index contributed by atoms with van der Waals surface area (Å²) in [6.07, 6.45) is -1.30. The van der Waals surface area contributed by atoms with Crippen molar-refractivity contribution in [2.75, 3.05) is 0 Å². The van der Waals surface area contributed by atoms with Crippen molar-refractivity contribution in [1.82, 2.24) is 0 Å². The topological polar surface area (TPSA) is 114 Å². The van der Waals surface area contributed by atoms with E-state index in [2.05, 4.69) is 0 Å². The van der Waals surface area contributed by atoms with Crippen molar-refractivity contribution >= 4 is 5.69 Å². The Labute approximate surface area is 147 Å². The number of benzene rings is 2. The molecule has 0 radical (unpaired) electrons. The molecule has 26 heavy (non-hydrogen) atoms. The lowest BCUT2D eigenvalue weighted by Gasteiger charge is -2.13. The number of hydrogen-bond donors (Lipinski definition) is 2. The Bertz CT molecular complexity index is 1010. The van der Waals surface area contributed by atoms with Gasteiger partial charge in [0.05, 0.1) is 4.92 Å². The average molecular weight is 353 g/mol. The third-order valence-electron chi connectivity index (χ3n) is 3.96. The van der Waals surface area contributed by atoms with Crippen LogP contribution in [0.5, 0.6) is 5.75 Å². The molecule has 2 aromatic carbocycles. The fourth-order valence-corrected chi connectivity index (χ4v) is 2.60. The van der Waals surface area contributed by atoms with Crippen LogP contribution in [0.1, 0.15) is 23.2 Å². The van der Waals surface area contributed by atoms with Gasteiger partial charge in [0, 0.05) is 18.2 Å². The lowest BCUT2D eigenvalue weighted by atomic mass is 10.0. The molecule has 1 heterocycles. The van der Waals surface area contributed by atoms with Crippen molar-refractivity contribution in [3.05, 3.63) is 92.0 Å². The highest BCUT2D eigenvalue weighted by Crippen LogP contribution is 2.30. The Morgan fingerprint density at radius 2 is 1.58 bits per heavy atom. The number of non-ortho nitro benzene ring substituents is 1. The van der Waals surface area contributed by atoms with E-state index in [9.17, 15) is 25.1 Å². The summed E-state index contributed by atoms with van der Waals surface area (Å²) in [6, 6.07) is 13.9. The lowest BCUT2D eigenvalue weighted by Crippen LogP contribution is -2.08. The predicted molar refractivity (Wildman–Crippen MR) is 94.0 cm³/mol. The van der Waals surface area contributed by atoms with Gasteiger partial charge in [0.1, 0.15) is 11.9 Å². The largest absolute Gasteiger partial charge is 0.502 e. The van der Waals surface area contributed by atoms with E-state index < -0.39 is 22.2 Å². The first kappa shape index (κ1) is 17.4. The fourth-order valence-electron chi connectivity index (χ4n) is 2.60. The molecule has 1 aromatic heterocycles. The molecule has 0 aliphatic heterocycles. The van der Waals surface area contributed by atoms with E-state index in [1.54, 1.807) is 43.3 Å². The number of hydrogen-bond acceptors (Lipinski definition) is 6. The Kier molecular flexibility index (Phi) is 4.55. The molecule has 0 aliphatic rings. The molecule has 0 saturated heterocycles. The third kappa shape index (κ3) is 3.33. The van der Waals surface area contributed by atoms with Gasteiger partial charge in [0.15, 0.2) is 5.76 Å². The number of aliphatic hydroxyl groups excluding tert-OH is 1. The second kappa shape index (κ2) is 6.81. The number of aryl methyl sites for hydroxylation is 1. The highest BCUT2D eigenvalue weighted by molar-refractivity contribution is 5.65. The van der Waals surface area contributed by atoms with Crippen molar-refractivity contribution < 1.29 is 19.6 Å². The van der Waals surface area contributed by atoms with Crippen molar-refractivity contribution in [2.45, 2.75) is 13.0 Å². The monoisotopic (exact) mass is 353 g/mol. The molecular weight excluding hydrogens is 338 g/mol. The minimum atomic E-state index is -1.30. The van der Waals surface area contributed by atoms with Gasteiger partial charge in [-0.1, -0.05) is 24.3 Å². The quantitative estimate of drug-likeness (QED) is 0.549. The van der Waals surface area contributed by atoms with Crippen LogP contribution in [0.25, 0.3) is 11.1 Å². The minimum Gasteiger partial charge on any atom is -0.502 e. The lowest BCUT2D eigenvalue weighted by molar-refractivity contribution is -0.384. The van der Waals surface area contributed by atoms with E-state index in [4.69, 9.17) is 4.42 Å². The molecule has 3 rings (SSSR count). The van der Waals surface area contributed by atoms with Crippen LogP contribution in [0.2, 0.25) is 0 Å². The van der Waals surface area contributed by atoms with E-state index in [-0.39, 0.29) is 17.2 Å². The number of nitro benzene ring substituents is 1. The molecule has 7 nitrogen and oxygen atoms in total. The number of rotatable bonds is 4. The van der Waals surface area contributed by atoms with Crippen LogP contribution in [0.3, 0.4) is 0 Å². The second-order valence-corrected chi connectivity index (χ2v) is 5.76. The van der Waals surface area contributed by atoms with Crippen LogP contribution < -0.4 is 5.43 Å². The zero-order chi connectivity index (χ0) is 18.8. The first-order valence-corrected chi connectivity index (χ1v) is 7.73. The van der Waals surface area contributed by atoms with Crippen LogP contribution in [-0.2, 0) is 0 Å². The van der Waals surface area contributed by atoms with Crippen LogP contribution in [-0.4, -0.2) is 15.1 Å². The summed E-state index contributed by atoms with van der Waals surface area (Å²) in [7, 11) is 0. The summed E-state index contributed by atoms with van der Waals surface area (Å²) >= 11 is 0. The highest BCUT2D eigenvalue weighted by atomic mass is 16.6. The van der Waals surface area contributed by atoms with Gasteiger partial charge >= 0.3 is 0 Å². The van der Waals surface area contributed by atoms with Crippen molar-refractivity contribution in [2.24, 2.45) is 0 Å². The van der Waals surface area contributed by atoms with Gasteiger partial charge in [-0.3, -0.25) is 14.9 Å². The molecule has 0 bridgehead atoms. The molecule has 0 saturated carbocycles. The number of aromatic hydroxyl groups is 1. The highest BCUT2D eigenvalue weighted by Gasteiger charge is 2.20.